The van der Waals surface area contributed by atoms with Gasteiger partial charge in [-0.1, -0.05) is 30.3 Å². The Bertz CT molecular complexity index is 807. The first-order valence-corrected chi connectivity index (χ1v) is 6.72. The van der Waals surface area contributed by atoms with Crippen molar-refractivity contribution < 1.29 is 9.18 Å². The Balaban J connectivity index is 1.82. The average molecular weight is 282 g/mol. The summed E-state index contributed by atoms with van der Waals surface area (Å²) in [5.74, 6) is -0.653. The quantitative estimate of drug-likeness (QED) is 0.784. The summed E-state index contributed by atoms with van der Waals surface area (Å²) >= 11 is 0. The summed E-state index contributed by atoms with van der Waals surface area (Å²) in [5, 5.41) is 3.65. The number of fused-ring (bicyclic) bond motifs is 1. The summed E-state index contributed by atoms with van der Waals surface area (Å²) in [6, 6.07) is 14.1. The van der Waals surface area contributed by atoms with Crippen LogP contribution in [0, 0.1) is 5.82 Å². The van der Waals surface area contributed by atoms with Crippen LogP contribution in [0.2, 0.25) is 0 Å². The predicted octanol–water partition coefficient (Wildman–Crippen LogP) is 3.50. The molecule has 3 aromatic rings. The molecule has 1 aromatic heterocycles. The first-order chi connectivity index (χ1) is 10.1. The molecule has 0 saturated heterocycles. The molecule has 4 heteroatoms. The Hall–Kier alpha value is -2.62. The molecule has 0 bridgehead atoms. The molecule has 3 rings (SSSR count). The van der Waals surface area contributed by atoms with E-state index in [4.69, 9.17) is 0 Å². The molecule has 0 radical (unpaired) electrons. The fourth-order valence-electron chi connectivity index (χ4n) is 2.50. The van der Waals surface area contributed by atoms with Crippen molar-refractivity contribution in [2.75, 3.05) is 5.32 Å². The van der Waals surface area contributed by atoms with Gasteiger partial charge in [-0.25, -0.2) is 4.39 Å². The van der Waals surface area contributed by atoms with Crippen molar-refractivity contribution in [1.82, 2.24) is 4.57 Å². The van der Waals surface area contributed by atoms with E-state index in [-0.39, 0.29) is 18.0 Å². The number of aryl methyl sites for hydroxylation is 1. The number of nitrogens with one attached hydrogen (secondary N) is 1. The molecular weight excluding hydrogens is 267 g/mol. The zero-order chi connectivity index (χ0) is 14.8. The standard InChI is InChI=1S/C17H15FN2O/c1-20-11-12(13-6-2-5-9-16(13)20)10-17(21)19-15-8-4-3-7-14(15)18/h2-9,11H,10H2,1H3,(H,19,21). The Morgan fingerprint density at radius 1 is 1.14 bits per heavy atom. The van der Waals surface area contributed by atoms with E-state index in [0.717, 1.165) is 16.5 Å². The van der Waals surface area contributed by atoms with Gasteiger partial charge in [0.05, 0.1) is 12.1 Å². The van der Waals surface area contributed by atoms with E-state index in [0.29, 0.717) is 0 Å². The SMILES string of the molecule is Cn1cc(CC(=O)Nc2ccccc2F)c2ccccc21. The zero-order valence-electron chi connectivity index (χ0n) is 11.6. The van der Waals surface area contributed by atoms with Gasteiger partial charge >= 0.3 is 0 Å². The summed E-state index contributed by atoms with van der Waals surface area (Å²) in [5.41, 5.74) is 2.22. The molecule has 1 N–H and O–H groups in total. The second-order valence-corrected chi connectivity index (χ2v) is 4.99. The van der Waals surface area contributed by atoms with E-state index in [1.165, 1.54) is 6.07 Å². The number of aromatic nitrogens is 1. The van der Waals surface area contributed by atoms with E-state index < -0.39 is 5.82 Å². The number of carbonyl (C=O) groups is 1. The second-order valence-electron chi connectivity index (χ2n) is 4.99. The molecule has 0 unspecified atom stereocenters. The zero-order valence-corrected chi connectivity index (χ0v) is 11.6. The second kappa shape index (κ2) is 5.40. The number of anilines is 1. The third-order valence-electron chi connectivity index (χ3n) is 3.48. The Labute approximate surface area is 122 Å². The Morgan fingerprint density at radius 3 is 2.67 bits per heavy atom. The fraction of sp³-hybridized carbons (Fsp3) is 0.118. The summed E-state index contributed by atoms with van der Waals surface area (Å²) in [7, 11) is 1.95. The number of para-hydroxylation sites is 2. The van der Waals surface area contributed by atoms with E-state index in [2.05, 4.69) is 5.32 Å². The van der Waals surface area contributed by atoms with Crippen molar-refractivity contribution in [2.24, 2.45) is 7.05 Å². The maximum Gasteiger partial charge on any atom is 0.228 e. The van der Waals surface area contributed by atoms with Gasteiger partial charge in [-0.2, -0.15) is 0 Å². The number of hydrogen-bond acceptors (Lipinski definition) is 1. The lowest BCUT2D eigenvalue weighted by Gasteiger charge is -2.05. The minimum Gasteiger partial charge on any atom is -0.350 e. The van der Waals surface area contributed by atoms with Gasteiger partial charge < -0.3 is 9.88 Å². The molecule has 0 fully saturated rings. The molecule has 0 aliphatic heterocycles. The lowest BCUT2D eigenvalue weighted by atomic mass is 10.1. The highest BCUT2D eigenvalue weighted by molar-refractivity contribution is 5.96. The number of nitrogens with zero attached hydrogens (tertiary/aromatic N) is 1. The first-order valence-electron chi connectivity index (χ1n) is 6.72. The van der Waals surface area contributed by atoms with E-state index in [1.807, 2.05) is 42.1 Å². The van der Waals surface area contributed by atoms with Crippen LogP contribution in [0.15, 0.2) is 54.7 Å². The van der Waals surface area contributed by atoms with Crippen molar-refractivity contribution in [3.8, 4) is 0 Å². The van der Waals surface area contributed by atoms with Crippen LogP contribution in [0.4, 0.5) is 10.1 Å². The van der Waals surface area contributed by atoms with Crippen LogP contribution in [0.25, 0.3) is 10.9 Å². The number of rotatable bonds is 3. The lowest BCUT2D eigenvalue weighted by molar-refractivity contribution is -0.115. The molecule has 1 amide bonds. The monoisotopic (exact) mass is 282 g/mol. The minimum atomic E-state index is -0.427. The van der Waals surface area contributed by atoms with Crippen molar-refractivity contribution in [3.05, 3.63) is 66.1 Å². The van der Waals surface area contributed by atoms with Crippen molar-refractivity contribution in [3.63, 3.8) is 0 Å². The average Bonchev–Trinajstić information content (AvgIpc) is 2.79. The molecule has 0 atom stereocenters. The molecule has 106 valence electrons. The topological polar surface area (TPSA) is 34.0 Å². The third-order valence-corrected chi connectivity index (χ3v) is 3.48. The normalized spacial score (nSPS) is 10.8. The van der Waals surface area contributed by atoms with Crippen LogP contribution in [-0.2, 0) is 18.3 Å². The van der Waals surface area contributed by atoms with Gasteiger partial charge in [0.15, 0.2) is 0 Å². The largest absolute Gasteiger partial charge is 0.350 e. The summed E-state index contributed by atoms with van der Waals surface area (Å²) < 4.78 is 15.5. The number of halogens is 1. The molecule has 2 aromatic carbocycles. The number of hydrogen-bond donors (Lipinski definition) is 1. The predicted molar refractivity (Wildman–Crippen MR) is 81.7 cm³/mol. The maximum atomic E-state index is 13.5. The summed E-state index contributed by atoms with van der Waals surface area (Å²) in [6.07, 6.45) is 2.15. The molecule has 21 heavy (non-hydrogen) atoms. The van der Waals surface area contributed by atoms with E-state index in [1.54, 1.807) is 18.2 Å². The Morgan fingerprint density at radius 2 is 1.86 bits per heavy atom. The number of amides is 1. The number of carbonyl (C=O) groups excluding carboxylic acids is 1. The van der Waals surface area contributed by atoms with Crippen LogP contribution in [0.1, 0.15) is 5.56 Å². The molecule has 0 aliphatic carbocycles. The molecule has 0 saturated carbocycles. The highest BCUT2D eigenvalue weighted by Gasteiger charge is 2.11. The van der Waals surface area contributed by atoms with Crippen LogP contribution >= 0.6 is 0 Å². The van der Waals surface area contributed by atoms with E-state index >= 15 is 0 Å². The van der Waals surface area contributed by atoms with Gasteiger partial charge in [0.25, 0.3) is 0 Å². The van der Waals surface area contributed by atoms with Crippen molar-refractivity contribution >= 4 is 22.5 Å². The van der Waals surface area contributed by atoms with Crippen LogP contribution in [0.5, 0.6) is 0 Å². The molecule has 0 aliphatic rings. The van der Waals surface area contributed by atoms with Crippen molar-refractivity contribution in [1.29, 1.82) is 0 Å². The van der Waals surface area contributed by atoms with Crippen molar-refractivity contribution in [2.45, 2.75) is 6.42 Å². The van der Waals surface area contributed by atoms with Gasteiger partial charge in [0.2, 0.25) is 5.91 Å². The third kappa shape index (κ3) is 2.65. The lowest BCUT2D eigenvalue weighted by Crippen LogP contribution is -2.15. The fourth-order valence-corrected chi connectivity index (χ4v) is 2.50. The van der Waals surface area contributed by atoms with Gasteiger partial charge in [-0.05, 0) is 23.8 Å². The van der Waals surface area contributed by atoms with Gasteiger partial charge in [0.1, 0.15) is 5.82 Å². The minimum absolute atomic E-state index is 0.211. The maximum absolute atomic E-state index is 13.5. The van der Waals surface area contributed by atoms with Crippen LogP contribution < -0.4 is 5.32 Å². The van der Waals surface area contributed by atoms with Crippen LogP contribution in [-0.4, -0.2) is 10.5 Å². The smallest absolute Gasteiger partial charge is 0.228 e. The van der Waals surface area contributed by atoms with Gasteiger partial charge in [-0.15, -0.1) is 0 Å². The highest BCUT2D eigenvalue weighted by atomic mass is 19.1. The van der Waals surface area contributed by atoms with Crippen LogP contribution in [0.3, 0.4) is 0 Å². The van der Waals surface area contributed by atoms with Gasteiger partial charge in [0, 0.05) is 24.1 Å². The molecule has 0 spiro atoms. The summed E-state index contributed by atoms with van der Waals surface area (Å²) in [4.78, 5) is 12.1. The first kappa shape index (κ1) is 13.4. The molecular formula is C17H15FN2O. The molecule has 1 heterocycles. The Kier molecular flexibility index (Phi) is 3.44. The van der Waals surface area contributed by atoms with E-state index in [9.17, 15) is 9.18 Å². The highest BCUT2D eigenvalue weighted by Crippen LogP contribution is 2.21. The summed E-state index contributed by atoms with van der Waals surface area (Å²) in [6.45, 7) is 0. The molecule has 3 nitrogen and oxygen atoms in total. The van der Waals surface area contributed by atoms with Gasteiger partial charge in [-0.3, -0.25) is 4.79 Å². The number of benzene rings is 2.